The van der Waals surface area contributed by atoms with Crippen molar-refractivity contribution in [2.75, 3.05) is 18.0 Å². The fraction of sp³-hybridized carbons (Fsp3) is 0.667. The molecule has 1 aliphatic rings. The number of hydrogen-bond acceptors (Lipinski definition) is 2. The summed E-state index contributed by atoms with van der Waals surface area (Å²) in [5.41, 5.74) is 1.33. The molecule has 94 valence electrons. The third kappa shape index (κ3) is 2.99. The summed E-state index contributed by atoms with van der Waals surface area (Å²) in [5, 5.41) is 0. The first-order chi connectivity index (χ1) is 8.20. The van der Waals surface area contributed by atoms with Gasteiger partial charge in [-0.15, -0.1) is 0 Å². The second kappa shape index (κ2) is 5.52. The van der Waals surface area contributed by atoms with Gasteiger partial charge in [0.25, 0.3) is 0 Å². The molecule has 1 aromatic heterocycles. The second-order valence-corrected chi connectivity index (χ2v) is 5.44. The molecule has 0 radical (unpaired) electrons. The van der Waals surface area contributed by atoms with Crippen molar-refractivity contribution in [3.05, 3.63) is 23.9 Å². The number of hydrogen-bond donors (Lipinski definition) is 0. The minimum atomic E-state index is 0.572. The zero-order chi connectivity index (χ0) is 12.3. The van der Waals surface area contributed by atoms with E-state index in [2.05, 4.69) is 42.8 Å². The van der Waals surface area contributed by atoms with E-state index in [-0.39, 0.29) is 0 Å². The Kier molecular flexibility index (Phi) is 4.03. The van der Waals surface area contributed by atoms with Crippen LogP contribution in [0.15, 0.2) is 18.3 Å². The normalized spacial score (nSPS) is 17.8. The van der Waals surface area contributed by atoms with Crippen LogP contribution in [0.1, 0.15) is 51.5 Å². The van der Waals surface area contributed by atoms with Crippen molar-refractivity contribution >= 4 is 5.82 Å². The maximum Gasteiger partial charge on any atom is 0.128 e. The van der Waals surface area contributed by atoms with Crippen LogP contribution < -0.4 is 4.90 Å². The molecule has 0 unspecified atom stereocenters. The van der Waals surface area contributed by atoms with Crippen molar-refractivity contribution in [3.8, 4) is 0 Å². The molecular weight excluding hydrogens is 208 g/mol. The Labute approximate surface area is 105 Å². The Morgan fingerprint density at radius 2 is 2.00 bits per heavy atom. The van der Waals surface area contributed by atoms with Crippen LogP contribution in [0.4, 0.5) is 5.82 Å². The summed E-state index contributed by atoms with van der Waals surface area (Å²) in [7, 11) is 0. The van der Waals surface area contributed by atoms with Crippen molar-refractivity contribution < 1.29 is 0 Å². The Bertz CT molecular complexity index is 334. The Hall–Kier alpha value is -1.05. The minimum absolute atomic E-state index is 0.572. The number of nitrogens with zero attached hydrogens (tertiary/aromatic N) is 2. The van der Waals surface area contributed by atoms with E-state index in [1.54, 1.807) is 0 Å². The average Bonchev–Trinajstić information content (AvgIpc) is 2.39. The molecule has 0 amide bonds. The fourth-order valence-corrected chi connectivity index (χ4v) is 2.50. The highest BCUT2D eigenvalue weighted by Gasteiger charge is 2.18. The number of anilines is 1. The summed E-state index contributed by atoms with van der Waals surface area (Å²) in [6, 6.07) is 4.40. The lowest BCUT2D eigenvalue weighted by Crippen LogP contribution is -2.33. The highest BCUT2D eigenvalue weighted by atomic mass is 15.2. The van der Waals surface area contributed by atoms with E-state index in [0.29, 0.717) is 5.92 Å². The molecule has 0 bridgehead atoms. The van der Waals surface area contributed by atoms with Gasteiger partial charge in [0.1, 0.15) is 5.82 Å². The van der Waals surface area contributed by atoms with E-state index in [9.17, 15) is 0 Å². The van der Waals surface area contributed by atoms with E-state index in [4.69, 9.17) is 0 Å². The molecule has 17 heavy (non-hydrogen) atoms. The maximum atomic E-state index is 4.60. The van der Waals surface area contributed by atoms with Gasteiger partial charge in [-0.1, -0.05) is 33.3 Å². The summed E-state index contributed by atoms with van der Waals surface area (Å²) in [5.74, 6) is 2.66. The van der Waals surface area contributed by atoms with Crippen LogP contribution in [-0.4, -0.2) is 18.1 Å². The lowest BCUT2D eigenvalue weighted by Gasteiger charge is -2.32. The molecule has 0 aromatic carbocycles. The molecule has 2 nitrogen and oxygen atoms in total. The molecule has 0 saturated carbocycles. The van der Waals surface area contributed by atoms with Gasteiger partial charge in [-0.05, 0) is 36.3 Å². The van der Waals surface area contributed by atoms with Gasteiger partial charge in [-0.2, -0.15) is 0 Å². The van der Waals surface area contributed by atoms with E-state index in [1.165, 1.54) is 37.9 Å². The zero-order valence-electron chi connectivity index (χ0n) is 11.3. The number of pyridine rings is 1. The summed E-state index contributed by atoms with van der Waals surface area (Å²) < 4.78 is 0. The molecule has 0 aliphatic carbocycles. The largest absolute Gasteiger partial charge is 0.357 e. The lowest BCUT2D eigenvalue weighted by atomic mass is 9.94. The van der Waals surface area contributed by atoms with Crippen molar-refractivity contribution in [1.29, 1.82) is 0 Å². The summed E-state index contributed by atoms with van der Waals surface area (Å²) in [6.45, 7) is 9.07. The van der Waals surface area contributed by atoms with Crippen LogP contribution >= 0.6 is 0 Å². The van der Waals surface area contributed by atoms with Crippen molar-refractivity contribution in [2.24, 2.45) is 5.92 Å². The number of piperidine rings is 1. The predicted molar refractivity (Wildman–Crippen MR) is 73.6 cm³/mol. The van der Waals surface area contributed by atoms with Crippen molar-refractivity contribution in [3.63, 3.8) is 0 Å². The van der Waals surface area contributed by atoms with Gasteiger partial charge in [-0.3, -0.25) is 0 Å². The zero-order valence-corrected chi connectivity index (χ0v) is 11.3. The first-order valence-electron chi connectivity index (χ1n) is 6.91. The van der Waals surface area contributed by atoms with Crippen LogP contribution in [0.2, 0.25) is 0 Å². The third-order valence-corrected chi connectivity index (χ3v) is 3.95. The van der Waals surface area contributed by atoms with Crippen LogP contribution in [-0.2, 0) is 0 Å². The molecule has 0 atom stereocenters. The molecule has 1 aromatic rings. The van der Waals surface area contributed by atoms with Gasteiger partial charge < -0.3 is 4.90 Å². The van der Waals surface area contributed by atoms with Gasteiger partial charge in [0.15, 0.2) is 0 Å². The molecule has 0 N–H and O–H groups in total. The first-order valence-corrected chi connectivity index (χ1v) is 6.91. The third-order valence-electron chi connectivity index (χ3n) is 3.95. The molecule has 1 aliphatic heterocycles. The van der Waals surface area contributed by atoms with E-state index in [0.717, 1.165) is 11.7 Å². The molecule has 2 rings (SSSR count). The maximum absolute atomic E-state index is 4.60. The summed E-state index contributed by atoms with van der Waals surface area (Å²) in [6.07, 6.45) is 6.01. The topological polar surface area (TPSA) is 16.1 Å². The standard InChI is InChI=1S/C15H24N2/c1-4-13-7-9-17(10-8-13)15-6-5-14(11-16-15)12(2)3/h5-6,11-13H,4,7-10H2,1-3H3. The Balaban J connectivity index is 1.99. The second-order valence-electron chi connectivity index (χ2n) is 5.44. The van der Waals surface area contributed by atoms with E-state index < -0.39 is 0 Å². The van der Waals surface area contributed by atoms with Crippen LogP contribution in [0.3, 0.4) is 0 Å². The SMILES string of the molecule is CCC1CCN(c2ccc(C(C)C)cn2)CC1. The molecule has 2 heterocycles. The molecule has 0 spiro atoms. The Morgan fingerprint density at radius 3 is 2.47 bits per heavy atom. The highest BCUT2D eigenvalue weighted by Crippen LogP contribution is 2.24. The molecule has 1 fully saturated rings. The van der Waals surface area contributed by atoms with Crippen molar-refractivity contribution in [2.45, 2.75) is 46.0 Å². The van der Waals surface area contributed by atoms with Crippen molar-refractivity contribution in [1.82, 2.24) is 4.98 Å². The first kappa shape index (κ1) is 12.4. The van der Waals surface area contributed by atoms with Gasteiger partial charge in [-0.25, -0.2) is 4.98 Å². The van der Waals surface area contributed by atoms with Gasteiger partial charge in [0.2, 0.25) is 0 Å². The predicted octanol–water partition coefficient (Wildman–Crippen LogP) is 3.83. The summed E-state index contributed by atoms with van der Waals surface area (Å²) >= 11 is 0. The molecule has 2 heteroatoms. The molecular formula is C15H24N2. The Morgan fingerprint density at radius 1 is 1.29 bits per heavy atom. The van der Waals surface area contributed by atoms with Crippen LogP contribution in [0, 0.1) is 5.92 Å². The number of aromatic nitrogens is 1. The number of rotatable bonds is 3. The van der Waals surface area contributed by atoms with Gasteiger partial charge >= 0.3 is 0 Å². The van der Waals surface area contributed by atoms with Crippen LogP contribution in [0.5, 0.6) is 0 Å². The smallest absolute Gasteiger partial charge is 0.128 e. The lowest BCUT2D eigenvalue weighted by molar-refractivity contribution is 0.394. The fourth-order valence-electron chi connectivity index (χ4n) is 2.50. The van der Waals surface area contributed by atoms with Gasteiger partial charge in [0.05, 0.1) is 0 Å². The minimum Gasteiger partial charge on any atom is -0.357 e. The van der Waals surface area contributed by atoms with E-state index in [1.807, 2.05) is 6.20 Å². The average molecular weight is 232 g/mol. The molecule has 1 saturated heterocycles. The summed E-state index contributed by atoms with van der Waals surface area (Å²) in [4.78, 5) is 7.03. The quantitative estimate of drug-likeness (QED) is 0.787. The van der Waals surface area contributed by atoms with Gasteiger partial charge in [0, 0.05) is 19.3 Å². The van der Waals surface area contributed by atoms with E-state index >= 15 is 0 Å². The monoisotopic (exact) mass is 232 g/mol. The highest BCUT2D eigenvalue weighted by molar-refractivity contribution is 5.40. The van der Waals surface area contributed by atoms with Crippen LogP contribution in [0.25, 0.3) is 0 Å².